The van der Waals surface area contributed by atoms with E-state index in [1.807, 2.05) is 0 Å². The molecule has 0 bridgehead atoms. The van der Waals surface area contributed by atoms with E-state index in [0.29, 0.717) is 25.3 Å². The first-order valence-corrected chi connectivity index (χ1v) is 7.98. The molecular formula is C13H20N2O4S. The number of carbonyl (C=O) groups excluding carboxylic acids is 2. The normalized spacial score (nSPS) is 27.6. The van der Waals surface area contributed by atoms with E-state index in [-0.39, 0.29) is 36.6 Å². The van der Waals surface area contributed by atoms with Crippen LogP contribution in [0.4, 0.5) is 0 Å². The molecule has 20 heavy (non-hydrogen) atoms. The van der Waals surface area contributed by atoms with E-state index in [9.17, 15) is 14.4 Å². The van der Waals surface area contributed by atoms with Crippen molar-refractivity contribution in [1.82, 2.24) is 9.80 Å². The Bertz CT molecular complexity index is 415. The highest BCUT2D eigenvalue weighted by Crippen LogP contribution is 2.25. The Hall–Kier alpha value is -1.24. The third-order valence-corrected chi connectivity index (χ3v) is 5.02. The van der Waals surface area contributed by atoms with Crippen LogP contribution in [0.5, 0.6) is 0 Å². The van der Waals surface area contributed by atoms with Gasteiger partial charge in [0.1, 0.15) is 0 Å². The van der Waals surface area contributed by atoms with Crippen LogP contribution in [-0.2, 0) is 14.4 Å². The summed E-state index contributed by atoms with van der Waals surface area (Å²) in [5.74, 6) is 0.294. The van der Waals surface area contributed by atoms with Crippen molar-refractivity contribution in [2.24, 2.45) is 5.92 Å². The highest BCUT2D eigenvalue weighted by molar-refractivity contribution is 7.99. The van der Waals surface area contributed by atoms with Gasteiger partial charge in [-0.05, 0) is 6.42 Å². The van der Waals surface area contributed by atoms with Crippen molar-refractivity contribution < 1.29 is 19.5 Å². The number of thioether (sulfide) groups is 1. The molecule has 2 aliphatic rings. The molecule has 2 saturated heterocycles. The minimum Gasteiger partial charge on any atom is -0.481 e. The topological polar surface area (TPSA) is 77.9 Å². The highest BCUT2D eigenvalue weighted by Gasteiger charge is 2.36. The Labute approximate surface area is 122 Å². The fourth-order valence-corrected chi connectivity index (χ4v) is 3.77. The molecular weight excluding hydrogens is 280 g/mol. The number of likely N-dealkylation sites (tertiary alicyclic amines) is 1. The van der Waals surface area contributed by atoms with E-state index in [2.05, 4.69) is 0 Å². The van der Waals surface area contributed by atoms with Crippen LogP contribution in [0.2, 0.25) is 0 Å². The predicted octanol–water partition coefficient (Wildman–Crippen LogP) is 0.274. The Morgan fingerprint density at radius 2 is 2.15 bits per heavy atom. The Morgan fingerprint density at radius 1 is 1.40 bits per heavy atom. The van der Waals surface area contributed by atoms with Gasteiger partial charge in [0, 0.05) is 44.0 Å². The van der Waals surface area contributed by atoms with Crippen LogP contribution in [0.3, 0.4) is 0 Å². The van der Waals surface area contributed by atoms with Gasteiger partial charge in [-0.25, -0.2) is 0 Å². The Balaban J connectivity index is 2.02. The maximum absolute atomic E-state index is 12.6. The van der Waals surface area contributed by atoms with Crippen molar-refractivity contribution in [3.8, 4) is 0 Å². The van der Waals surface area contributed by atoms with Crippen LogP contribution in [0.25, 0.3) is 0 Å². The minimum absolute atomic E-state index is 0.00392. The van der Waals surface area contributed by atoms with Gasteiger partial charge in [-0.3, -0.25) is 14.4 Å². The Morgan fingerprint density at radius 3 is 2.80 bits per heavy atom. The lowest BCUT2D eigenvalue weighted by molar-refractivity contribution is -0.147. The number of carbonyl (C=O) groups is 3. The molecule has 6 nitrogen and oxygen atoms in total. The van der Waals surface area contributed by atoms with E-state index in [0.717, 1.165) is 5.75 Å². The molecule has 7 heteroatoms. The van der Waals surface area contributed by atoms with Crippen LogP contribution in [0.1, 0.15) is 19.3 Å². The van der Waals surface area contributed by atoms with Gasteiger partial charge >= 0.3 is 5.97 Å². The summed E-state index contributed by atoms with van der Waals surface area (Å²) in [6.45, 7) is 1.18. The number of hydrogen-bond acceptors (Lipinski definition) is 4. The van der Waals surface area contributed by atoms with Crippen LogP contribution < -0.4 is 0 Å². The van der Waals surface area contributed by atoms with Crippen molar-refractivity contribution >= 4 is 29.5 Å². The van der Waals surface area contributed by atoms with Crippen molar-refractivity contribution in [3.63, 3.8) is 0 Å². The lowest BCUT2D eigenvalue weighted by atomic mass is 9.94. The number of rotatable bonds is 3. The second-order valence-corrected chi connectivity index (χ2v) is 6.51. The first-order chi connectivity index (χ1) is 9.49. The van der Waals surface area contributed by atoms with Gasteiger partial charge < -0.3 is 14.9 Å². The molecule has 0 aromatic rings. The molecule has 2 atom stereocenters. The second-order valence-electron chi connectivity index (χ2n) is 5.36. The molecule has 2 amide bonds. The number of hydrogen-bond donors (Lipinski definition) is 1. The van der Waals surface area contributed by atoms with Crippen molar-refractivity contribution in [2.75, 3.05) is 31.6 Å². The average Bonchev–Trinajstić information content (AvgIpc) is 2.41. The van der Waals surface area contributed by atoms with E-state index in [1.54, 1.807) is 28.6 Å². The number of amides is 2. The van der Waals surface area contributed by atoms with Gasteiger partial charge in [0.2, 0.25) is 11.8 Å². The van der Waals surface area contributed by atoms with Gasteiger partial charge in [0.25, 0.3) is 0 Å². The largest absolute Gasteiger partial charge is 0.481 e. The number of carboxylic acid groups (broad SMARTS) is 1. The van der Waals surface area contributed by atoms with E-state index < -0.39 is 5.97 Å². The minimum atomic E-state index is -0.880. The molecule has 0 spiro atoms. The van der Waals surface area contributed by atoms with Crippen LogP contribution in [0, 0.1) is 5.92 Å². The summed E-state index contributed by atoms with van der Waals surface area (Å²) in [6.07, 6.45) is 0.905. The maximum Gasteiger partial charge on any atom is 0.305 e. The summed E-state index contributed by atoms with van der Waals surface area (Å²) in [4.78, 5) is 38.5. The number of aliphatic carboxylic acids is 1. The van der Waals surface area contributed by atoms with Crippen LogP contribution >= 0.6 is 11.8 Å². The SMILES string of the molecule is CN1CCC(C(=O)N2CCSCC2CC(=O)O)CC1=O. The van der Waals surface area contributed by atoms with Crippen LogP contribution in [-0.4, -0.2) is 70.4 Å². The fourth-order valence-electron chi connectivity index (χ4n) is 2.70. The number of piperidine rings is 1. The molecule has 2 aliphatic heterocycles. The monoisotopic (exact) mass is 300 g/mol. The van der Waals surface area contributed by atoms with Gasteiger partial charge in [-0.1, -0.05) is 0 Å². The summed E-state index contributed by atoms with van der Waals surface area (Å²) in [5, 5.41) is 8.94. The third kappa shape index (κ3) is 3.45. The lowest BCUT2D eigenvalue weighted by Crippen LogP contribution is -2.51. The third-order valence-electron chi connectivity index (χ3n) is 3.93. The molecule has 0 aromatic carbocycles. The first-order valence-electron chi connectivity index (χ1n) is 6.83. The van der Waals surface area contributed by atoms with Gasteiger partial charge in [-0.15, -0.1) is 0 Å². The van der Waals surface area contributed by atoms with E-state index in [4.69, 9.17) is 5.11 Å². The van der Waals surface area contributed by atoms with E-state index >= 15 is 0 Å². The zero-order valence-electron chi connectivity index (χ0n) is 11.6. The lowest BCUT2D eigenvalue weighted by Gasteiger charge is -2.38. The molecule has 0 aromatic heterocycles. The molecule has 112 valence electrons. The van der Waals surface area contributed by atoms with Gasteiger partial charge in [0.15, 0.2) is 0 Å². The fraction of sp³-hybridized carbons (Fsp3) is 0.769. The molecule has 2 unspecified atom stereocenters. The Kier molecular flexibility index (Phi) is 4.91. The standard InChI is InChI=1S/C13H20N2O4S/c1-14-3-2-9(6-11(14)16)13(19)15-4-5-20-8-10(15)7-12(17)18/h9-10H,2-8H2,1H3,(H,17,18). The van der Waals surface area contributed by atoms with Crippen molar-refractivity contribution in [1.29, 1.82) is 0 Å². The predicted molar refractivity (Wildman–Crippen MR) is 75.4 cm³/mol. The molecule has 1 N–H and O–H groups in total. The molecule has 0 saturated carbocycles. The molecule has 2 fully saturated rings. The van der Waals surface area contributed by atoms with Crippen molar-refractivity contribution in [3.05, 3.63) is 0 Å². The summed E-state index contributed by atoms with van der Waals surface area (Å²) in [5.41, 5.74) is 0. The summed E-state index contributed by atoms with van der Waals surface area (Å²) in [6, 6.07) is -0.242. The summed E-state index contributed by atoms with van der Waals surface area (Å²) < 4.78 is 0. The zero-order valence-corrected chi connectivity index (χ0v) is 12.4. The molecule has 2 rings (SSSR count). The first kappa shape index (κ1) is 15.2. The highest BCUT2D eigenvalue weighted by atomic mass is 32.2. The van der Waals surface area contributed by atoms with E-state index in [1.165, 1.54) is 0 Å². The van der Waals surface area contributed by atoms with Gasteiger partial charge in [0.05, 0.1) is 12.5 Å². The summed E-state index contributed by atoms with van der Waals surface area (Å²) in [7, 11) is 1.74. The quantitative estimate of drug-likeness (QED) is 0.809. The zero-order chi connectivity index (χ0) is 14.7. The number of nitrogens with zero attached hydrogens (tertiary/aromatic N) is 2. The molecule has 2 heterocycles. The van der Waals surface area contributed by atoms with Gasteiger partial charge in [-0.2, -0.15) is 11.8 Å². The molecule has 0 radical (unpaired) electrons. The maximum atomic E-state index is 12.6. The smallest absolute Gasteiger partial charge is 0.305 e. The second kappa shape index (κ2) is 6.47. The summed E-state index contributed by atoms with van der Waals surface area (Å²) >= 11 is 1.68. The average molecular weight is 300 g/mol. The van der Waals surface area contributed by atoms with Crippen LogP contribution in [0.15, 0.2) is 0 Å². The number of carboxylic acids is 1. The molecule has 0 aliphatic carbocycles. The van der Waals surface area contributed by atoms with Crippen molar-refractivity contribution in [2.45, 2.75) is 25.3 Å².